The molecule has 0 aromatic heterocycles. The molecule has 0 radical (unpaired) electrons. The van der Waals surface area contributed by atoms with Gasteiger partial charge in [-0.25, -0.2) is 0 Å². The molecule has 0 bridgehead atoms. The SMILES string of the molecule is OC(COCOCC1CO1)COCOCC1CO1. The van der Waals surface area contributed by atoms with Crippen LogP contribution in [-0.2, 0) is 28.4 Å². The molecule has 0 saturated carbocycles. The molecule has 2 saturated heterocycles. The Hall–Kier alpha value is -0.280. The van der Waals surface area contributed by atoms with Gasteiger partial charge < -0.3 is 33.5 Å². The topological polar surface area (TPSA) is 82.2 Å². The highest BCUT2D eigenvalue weighted by Gasteiger charge is 2.22. The summed E-state index contributed by atoms with van der Waals surface area (Å²) in [4.78, 5) is 0. The fraction of sp³-hybridized carbons (Fsp3) is 1.00. The molecule has 7 nitrogen and oxygen atoms in total. The lowest BCUT2D eigenvalue weighted by molar-refractivity contribution is -0.116. The predicted octanol–water partition coefficient (Wildman–Crippen LogP) is -0.874. The third-order valence-electron chi connectivity index (χ3n) is 2.37. The number of aliphatic hydroxyl groups is 1. The lowest BCUT2D eigenvalue weighted by Crippen LogP contribution is -2.23. The van der Waals surface area contributed by atoms with Gasteiger partial charge in [-0.05, 0) is 0 Å². The number of aliphatic hydroxyl groups excluding tert-OH is 1. The Balaban J connectivity index is 1.29. The maximum absolute atomic E-state index is 9.48. The molecule has 18 heavy (non-hydrogen) atoms. The van der Waals surface area contributed by atoms with Gasteiger partial charge in [-0.15, -0.1) is 0 Å². The molecule has 2 heterocycles. The normalized spacial score (nSPS) is 27.2. The Morgan fingerprint density at radius 3 is 1.72 bits per heavy atom. The van der Waals surface area contributed by atoms with Crippen LogP contribution in [0.4, 0.5) is 0 Å². The van der Waals surface area contributed by atoms with Gasteiger partial charge in [0.15, 0.2) is 0 Å². The molecule has 1 N–H and O–H groups in total. The van der Waals surface area contributed by atoms with Crippen LogP contribution in [-0.4, -0.2) is 76.6 Å². The highest BCUT2D eigenvalue weighted by molar-refractivity contribution is 4.67. The lowest BCUT2D eigenvalue weighted by Gasteiger charge is -2.11. The van der Waals surface area contributed by atoms with E-state index in [2.05, 4.69) is 0 Å². The Labute approximate surface area is 106 Å². The van der Waals surface area contributed by atoms with Crippen molar-refractivity contribution in [1.82, 2.24) is 0 Å². The molecule has 2 aliphatic heterocycles. The van der Waals surface area contributed by atoms with E-state index in [-0.39, 0.29) is 39.0 Å². The zero-order valence-electron chi connectivity index (χ0n) is 10.3. The van der Waals surface area contributed by atoms with E-state index in [4.69, 9.17) is 28.4 Å². The molecule has 7 heteroatoms. The van der Waals surface area contributed by atoms with Crippen molar-refractivity contribution in [2.24, 2.45) is 0 Å². The van der Waals surface area contributed by atoms with Crippen LogP contribution in [0.3, 0.4) is 0 Å². The first-order chi connectivity index (χ1) is 8.84. The van der Waals surface area contributed by atoms with E-state index in [1.54, 1.807) is 0 Å². The third kappa shape index (κ3) is 7.22. The largest absolute Gasteiger partial charge is 0.388 e. The van der Waals surface area contributed by atoms with Crippen molar-refractivity contribution in [3.8, 4) is 0 Å². The van der Waals surface area contributed by atoms with Crippen molar-refractivity contribution in [2.75, 3.05) is 53.2 Å². The molecule has 2 atom stereocenters. The average Bonchev–Trinajstić information content (AvgIpc) is 3.23. The van der Waals surface area contributed by atoms with Crippen molar-refractivity contribution in [2.45, 2.75) is 18.3 Å². The Bertz CT molecular complexity index is 195. The van der Waals surface area contributed by atoms with Crippen LogP contribution in [0.15, 0.2) is 0 Å². The zero-order valence-corrected chi connectivity index (χ0v) is 10.3. The summed E-state index contributed by atoms with van der Waals surface area (Å²) in [5, 5.41) is 9.48. The van der Waals surface area contributed by atoms with E-state index in [0.717, 1.165) is 13.2 Å². The Morgan fingerprint density at radius 2 is 1.33 bits per heavy atom. The minimum absolute atomic E-state index is 0.159. The summed E-state index contributed by atoms with van der Waals surface area (Å²) in [7, 11) is 0. The van der Waals surface area contributed by atoms with E-state index in [1.165, 1.54) is 0 Å². The first kappa shape index (κ1) is 14.1. The maximum Gasteiger partial charge on any atom is 0.146 e. The quantitative estimate of drug-likeness (QED) is 0.278. The minimum atomic E-state index is -0.674. The number of epoxide rings is 2. The summed E-state index contributed by atoms with van der Waals surface area (Å²) < 4.78 is 30.4. The van der Waals surface area contributed by atoms with Crippen molar-refractivity contribution in [3.63, 3.8) is 0 Å². The summed E-state index contributed by atoms with van der Waals surface area (Å²) in [6.45, 7) is 3.30. The van der Waals surface area contributed by atoms with Gasteiger partial charge >= 0.3 is 0 Å². The first-order valence-corrected chi connectivity index (χ1v) is 6.07. The van der Waals surface area contributed by atoms with Crippen LogP contribution in [0.25, 0.3) is 0 Å². The second-order valence-electron chi connectivity index (χ2n) is 4.28. The molecule has 0 aromatic carbocycles. The van der Waals surface area contributed by atoms with Crippen molar-refractivity contribution in [3.05, 3.63) is 0 Å². The van der Waals surface area contributed by atoms with Gasteiger partial charge in [0.05, 0.1) is 39.6 Å². The third-order valence-corrected chi connectivity index (χ3v) is 2.37. The van der Waals surface area contributed by atoms with Crippen LogP contribution < -0.4 is 0 Å². The number of hydrogen-bond donors (Lipinski definition) is 1. The second-order valence-corrected chi connectivity index (χ2v) is 4.28. The van der Waals surface area contributed by atoms with E-state index < -0.39 is 6.10 Å². The monoisotopic (exact) mass is 264 g/mol. The second kappa shape index (κ2) is 8.00. The summed E-state index contributed by atoms with van der Waals surface area (Å²) in [5.41, 5.74) is 0. The molecule has 0 amide bonds. The van der Waals surface area contributed by atoms with Gasteiger partial charge in [-0.1, -0.05) is 0 Å². The van der Waals surface area contributed by atoms with Gasteiger partial charge in [0.2, 0.25) is 0 Å². The standard InChI is InChI=1S/C11H20O7/c12-9(1-13-7-15-3-10-5-17-10)2-14-8-16-4-11-6-18-11/h9-12H,1-8H2. The van der Waals surface area contributed by atoms with E-state index >= 15 is 0 Å². The van der Waals surface area contributed by atoms with Crippen molar-refractivity contribution >= 4 is 0 Å². The zero-order chi connectivity index (χ0) is 12.6. The van der Waals surface area contributed by atoms with Gasteiger partial charge in [0.25, 0.3) is 0 Å². The van der Waals surface area contributed by atoms with E-state index in [0.29, 0.717) is 13.2 Å². The van der Waals surface area contributed by atoms with Gasteiger partial charge in [-0.2, -0.15) is 0 Å². The van der Waals surface area contributed by atoms with Gasteiger partial charge in [0.1, 0.15) is 31.9 Å². The van der Waals surface area contributed by atoms with E-state index in [9.17, 15) is 5.11 Å². The van der Waals surface area contributed by atoms with Crippen LogP contribution in [0.1, 0.15) is 0 Å². The molecular weight excluding hydrogens is 244 g/mol. The molecule has 2 unspecified atom stereocenters. The van der Waals surface area contributed by atoms with Crippen LogP contribution in [0.2, 0.25) is 0 Å². The van der Waals surface area contributed by atoms with Crippen LogP contribution in [0, 0.1) is 0 Å². The number of ether oxygens (including phenoxy) is 6. The van der Waals surface area contributed by atoms with Crippen molar-refractivity contribution in [1.29, 1.82) is 0 Å². The minimum Gasteiger partial charge on any atom is -0.388 e. The Morgan fingerprint density at radius 1 is 0.889 bits per heavy atom. The highest BCUT2D eigenvalue weighted by atomic mass is 16.7. The Kier molecular flexibility index (Phi) is 6.29. The molecule has 0 aliphatic carbocycles. The summed E-state index contributed by atoms with van der Waals surface area (Å²) in [6.07, 6.45) is -0.213. The molecule has 2 rings (SSSR count). The highest BCUT2D eigenvalue weighted by Crippen LogP contribution is 2.08. The van der Waals surface area contributed by atoms with Crippen LogP contribution in [0.5, 0.6) is 0 Å². The maximum atomic E-state index is 9.48. The molecule has 2 fully saturated rings. The van der Waals surface area contributed by atoms with Gasteiger partial charge in [0, 0.05) is 0 Å². The van der Waals surface area contributed by atoms with Crippen molar-refractivity contribution < 1.29 is 33.5 Å². The van der Waals surface area contributed by atoms with Gasteiger partial charge in [-0.3, -0.25) is 0 Å². The smallest absolute Gasteiger partial charge is 0.146 e. The molecule has 0 spiro atoms. The molecule has 2 aliphatic rings. The summed E-state index contributed by atoms with van der Waals surface area (Å²) in [6, 6.07) is 0. The fourth-order valence-corrected chi connectivity index (χ4v) is 1.22. The average molecular weight is 264 g/mol. The summed E-state index contributed by atoms with van der Waals surface area (Å²) >= 11 is 0. The molecule has 0 aromatic rings. The van der Waals surface area contributed by atoms with E-state index in [1.807, 2.05) is 0 Å². The molecular formula is C11H20O7. The summed E-state index contributed by atoms with van der Waals surface area (Å²) in [5.74, 6) is 0. The lowest BCUT2D eigenvalue weighted by atomic mass is 10.4. The van der Waals surface area contributed by atoms with Crippen LogP contribution >= 0.6 is 0 Å². The number of hydrogen-bond acceptors (Lipinski definition) is 7. The number of rotatable bonds is 12. The predicted molar refractivity (Wildman–Crippen MR) is 59.0 cm³/mol. The first-order valence-electron chi connectivity index (χ1n) is 6.07. The molecule has 106 valence electrons. The fourth-order valence-electron chi connectivity index (χ4n) is 1.22.